The van der Waals surface area contributed by atoms with Gasteiger partial charge in [-0.15, -0.1) is 0 Å². The number of aliphatic hydroxyl groups is 1. The summed E-state index contributed by atoms with van der Waals surface area (Å²) in [6.07, 6.45) is 7.97. The number of ether oxygens (including phenoxy) is 1. The Balaban J connectivity index is 1.68. The SMILES string of the molecule is COC(=O)/C=C/c1ccccc1CN1C(=O)CC[C@@H]1/C=C/C(O)Cc1ccccc1. The number of benzene rings is 2. The third kappa shape index (κ3) is 5.91. The molecular formula is C25H27NO4. The molecule has 1 saturated heterocycles. The zero-order valence-corrected chi connectivity index (χ0v) is 17.1. The Morgan fingerprint density at radius 1 is 1.20 bits per heavy atom. The fourth-order valence-electron chi connectivity index (χ4n) is 3.59. The van der Waals surface area contributed by atoms with E-state index in [1.54, 1.807) is 12.2 Å². The van der Waals surface area contributed by atoms with Crippen molar-refractivity contribution in [3.8, 4) is 0 Å². The number of nitrogens with zero attached hydrogens (tertiary/aromatic N) is 1. The van der Waals surface area contributed by atoms with E-state index in [0.717, 1.165) is 23.1 Å². The number of rotatable bonds is 8. The summed E-state index contributed by atoms with van der Waals surface area (Å²) in [6, 6.07) is 17.4. The Morgan fingerprint density at radius 3 is 2.70 bits per heavy atom. The Labute approximate surface area is 177 Å². The monoisotopic (exact) mass is 405 g/mol. The van der Waals surface area contributed by atoms with Gasteiger partial charge in [-0.1, -0.05) is 66.7 Å². The van der Waals surface area contributed by atoms with Crippen LogP contribution in [0, 0.1) is 0 Å². The predicted octanol–water partition coefficient (Wildman–Crippen LogP) is 3.52. The molecule has 5 heteroatoms. The number of hydrogen-bond donors (Lipinski definition) is 1. The molecule has 1 aliphatic heterocycles. The second-order valence-electron chi connectivity index (χ2n) is 7.32. The van der Waals surface area contributed by atoms with E-state index in [4.69, 9.17) is 0 Å². The van der Waals surface area contributed by atoms with E-state index in [1.165, 1.54) is 13.2 Å². The number of amides is 1. The van der Waals surface area contributed by atoms with Crippen molar-refractivity contribution < 1.29 is 19.4 Å². The van der Waals surface area contributed by atoms with Crippen molar-refractivity contribution in [3.05, 3.63) is 89.5 Å². The van der Waals surface area contributed by atoms with Gasteiger partial charge in [0.05, 0.1) is 19.3 Å². The lowest BCUT2D eigenvalue weighted by atomic mass is 10.0. The van der Waals surface area contributed by atoms with Crippen molar-refractivity contribution in [2.45, 2.75) is 38.0 Å². The van der Waals surface area contributed by atoms with Gasteiger partial charge in [0.25, 0.3) is 0 Å². The van der Waals surface area contributed by atoms with Crippen LogP contribution in [0.3, 0.4) is 0 Å². The summed E-state index contributed by atoms with van der Waals surface area (Å²) in [5.41, 5.74) is 2.89. The molecule has 1 unspecified atom stereocenters. The van der Waals surface area contributed by atoms with Crippen molar-refractivity contribution in [2.24, 2.45) is 0 Å². The van der Waals surface area contributed by atoms with E-state index in [1.807, 2.05) is 65.6 Å². The Bertz CT molecular complexity index is 920. The fourth-order valence-corrected chi connectivity index (χ4v) is 3.59. The Hall–Kier alpha value is -3.18. The first-order valence-corrected chi connectivity index (χ1v) is 10.1. The van der Waals surface area contributed by atoms with Crippen LogP contribution in [0.25, 0.3) is 6.08 Å². The topological polar surface area (TPSA) is 66.8 Å². The maximum absolute atomic E-state index is 12.5. The van der Waals surface area contributed by atoms with Crippen LogP contribution in [0.5, 0.6) is 0 Å². The molecule has 0 aromatic heterocycles. The van der Waals surface area contributed by atoms with Gasteiger partial charge < -0.3 is 14.7 Å². The van der Waals surface area contributed by atoms with Gasteiger partial charge in [0.1, 0.15) is 0 Å². The highest BCUT2D eigenvalue weighted by atomic mass is 16.5. The minimum Gasteiger partial charge on any atom is -0.466 e. The van der Waals surface area contributed by atoms with Crippen LogP contribution in [-0.2, 0) is 27.3 Å². The number of carbonyl (C=O) groups excluding carboxylic acids is 2. The number of aliphatic hydroxyl groups excluding tert-OH is 1. The molecule has 1 amide bonds. The average molecular weight is 405 g/mol. The van der Waals surface area contributed by atoms with E-state index < -0.39 is 12.1 Å². The second kappa shape index (κ2) is 10.6. The van der Waals surface area contributed by atoms with Gasteiger partial charge in [-0.2, -0.15) is 0 Å². The van der Waals surface area contributed by atoms with E-state index in [0.29, 0.717) is 19.4 Å². The molecule has 2 aromatic rings. The summed E-state index contributed by atoms with van der Waals surface area (Å²) in [5.74, 6) is -0.329. The lowest BCUT2D eigenvalue weighted by Gasteiger charge is -2.24. The molecule has 0 aliphatic carbocycles. The van der Waals surface area contributed by atoms with Gasteiger partial charge in [-0.05, 0) is 29.2 Å². The van der Waals surface area contributed by atoms with Gasteiger partial charge in [0.15, 0.2) is 0 Å². The molecule has 2 aromatic carbocycles. The molecule has 0 spiro atoms. The second-order valence-corrected chi connectivity index (χ2v) is 7.32. The van der Waals surface area contributed by atoms with Gasteiger partial charge >= 0.3 is 5.97 Å². The third-order valence-electron chi connectivity index (χ3n) is 5.21. The van der Waals surface area contributed by atoms with Crippen LogP contribution in [0.4, 0.5) is 0 Å². The van der Waals surface area contributed by atoms with E-state index >= 15 is 0 Å². The summed E-state index contributed by atoms with van der Waals surface area (Å²) in [4.78, 5) is 25.7. The number of hydrogen-bond acceptors (Lipinski definition) is 4. The first-order chi connectivity index (χ1) is 14.6. The standard InChI is InChI=1S/C25H27NO4/c1-30-25(29)16-11-20-9-5-6-10-21(20)18-26-22(13-15-24(26)28)12-14-23(27)17-19-7-3-2-4-8-19/h2-12,14,16,22-23,27H,13,15,17-18H2,1H3/b14-12+,16-11+/t22-,23?/m0/s1. The molecular weight excluding hydrogens is 378 g/mol. The minimum atomic E-state index is -0.597. The first kappa shape index (κ1) is 21.5. The molecule has 30 heavy (non-hydrogen) atoms. The van der Waals surface area contributed by atoms with Gasteiger partial charge in [-0.25, -0.2) is 4.79 Å². The minimum absolute atomic E-state index is 0.0550. The molecule has 2 atom stereocenters. The predicted molar refractivity (Wildman–Crippen MR) is 116 cm³/mol. The van der Waals surface area contributed by atoms with Crippen LogP contribution in [0.1, 0.15) is 29.5 Å². The van der Waals surface area contributed by atoms with E-state index in [9.17, 15) is 14.7 Å². The smallest absolute Gasteiger partial charge is 0.330 e. The quantitative estimate of drug-likeness (QED) is 0.415. The van der Waals surface area contributed by atoms with Crippen molar-refractivity contribution in [3.63, 3.8) is 0 Å². The van der Waals surface area contributed by atoms with Crippen molar-refractivity contribution in [1.29, 1.82) is 0 Å². The first-order valence-electron chi connectivity index (χ1n) is 10.1. The van der Waals surface area contributed by atoms with E-state index in [-0.39, 0.29) is 11.9 Å². The van der Waals surface area contributed by atoms with Crippen LogP contribution in [0.15, 0.2) is 72.8 Å². The summed E-state index contributed by atoms with van der Waals surface area (Å²) < 4.78 is 4.65. The molecule has 0 radical (unpaired) electrons. The number of esters is 1. The van der Waals surface area contributed by atoms with Crippen LogP contribution < -0.4 is 0 Å². The Kier molecular flexibility index (Phi) is 7.57. The zero-order chi connectivity index (χ0) is 21.3. The molecule has 1 N–H and O–H groups in total. The molecule has 1 aliphatic rings. The van der Waals surface area contributed by atoms with E-state index in [2.05, 4.69) is 4.74 Å². The lowest BCUT2D eigenvalue weighted by Crippen LogP contribution is -2.31. The number of carbonyl (C=O) groups is 2. The highest BCUT2D eigenvalue weighted by Gasteiger charge is 2.29. The number of methoxy groups -OCH3 is 1. The summed E-state index contributed by atoms with van der Waals surface area (Å²) in [7, 11) is 1.34. The average Bonchev–Trinajstić information content (AvgIpc) is 3.11. The molecule has 1 fully saturated rings. The lowest BCUT2D eigenvalue weighted by molar-refractivity contribution is -0.134. The molecule has 0 saturated carbocycles. The number of likely N-dealkylation sites (tertiary alicyclic amines) is 1. The van der Waals surface area contributed by atoms with Gasteiger partial charge in [-0.3, -0.25) is 4.79 Å². The van der Waals surface area contributed by atoms with Crippen LogP contribution >= 0.6 is 0 Å². The normalized spacial score (nSPS) is 17.7. The highest BCUT2D eigenvalue weighted by Crippen LogP contribution is 2.24. The third-order valence-corrected chi connectivity index (χ3v) is 5.21. The van der Waals surface area contributed by atoms with Crippen LogP contribution in [0.2, 0.25) is 0 Å². The molecule has 5 nitrogen and oxygen atoms in total. The van der Waals surface area contributed by atoms with Crippen molar-refractivity contribution >= 4 is 18.0 Å². The highest BCUT2D eigenvalue weighted by molar-refractivity contribution is 5.87. The zero-order valence-electron chi connectivity index (χ0n) is 17.1. The summed E-state index contributed by atoms with van der Waals surface area (Å²) in [5, 5.41) is 10.4. The molecule has 156 valence electrons. The molecule has 0 bridgehead atoms. The summed E-state index contributed by atoms with van der Waals surface area (Å²) in [6.45, 7) is 0.449. The maximum Gasteiger partial charge on any atom is 0.330 e. The molecule has 1 heterocycles. The Morgan fingerprint density at radius 2 is 1.93 bits per heavy atom. The van der Waals surface area contributed by atoms with Crippen molar-refractivity contribution in [2.75, 3.05) is 7.11 Å². The largest absolute Gasteiger partial charge is 0.466 e. The van der Waals surface area contributed by atoms with Crippen molar-refractivity contribution in [1.82, 2.24) is 4.90 Å². The van der Waals surface area contributed by atoms with Gasteiger partial charge in [0.2, 0.25) is 5.91 Å². The molecule has 3 rings (SSSR count). The maximum atomic E-state index is 12.5. The van der Waals surface area contributed by atoms with Crippen LogP contribution in [-0.4, -0.2) is 41.1 Å². The summed E-state index contributed by atoms with van der Waals surface area (Å²) >= 11 is 0. The van der Waals surface area contributed by atoms with Gasteiger partial charge in [0, 0.05) is 25.5 Å². The fraction of sp³-hybridized carbons (Fsp3) is 0.280.